The van der Waals surface area contributed by atoms with E-state index in [1.807, 2.05) is 41.4 Å². The van der Waals surface area contributed by atoms with E-state index in [9.17, 15) is 4.79 Å². The van der Waals surface area contributed by atoms with E-state index in [0.29, 0.717) is 12.2 Å². The van der Waals surface area contributed by atoms with Crippen LogP contribution in [-0.4, -0.2) is 27.1 Å². The van der Waals surface area contributed by atoms with Crippen molar-refractivity contribution in [2.45, 2.75) is 13.0 Å². The van der Waals surface area contributed by atoms with Crippen LogP contribution in [0, 0.1) is 0 Å². The van der Waals surface area contributed by atoms with Gasteiger partial charge in [0.1, 0.15) is 0 Å². The topological polar surface area (TPSA) is 38.1 Å². The van der Waals surface area contributed by atoms with E-state index in [-0.39, 0.29) is 5.91 Å². The van der Waals surface area contributed by atoms with Crippen LogP contribution in [0.1, 0.15) is 20.9 Å². The molecule has 5 heteroatoms. The van der Waals surface area contributed by atoms with Crippen LogP contribution >= 0.6 is 11.3 Å². The van der Waals surface area contributed by atoms with Gasteiger partial charge >= 0.3 is 0 Å². The molecule has 0 saturated heterocycles. The van der Waals surface area contributed by atoms with Gasteiger partial charge in [-0.15, -0.1) is 11.3 Å². The first-order valence-corrected chi connectivity index (χ1v) is 8.15. The molecule has 3 heterocycles. The second-order valence-corrected chi connectivity index (χ2v) is 6.33. The van der Waals surface area contributed by atoms with Gasteiger partial charge in [0, 0.05) is 24.2 Å². The van der Waals surface area contributed by atoms with Crippen molar-refractivity contribution in [2.75, 3.05) is 6.54 Å². The Bertz CT molecular complexity index is 806. The van der Waals surface area contributed by atoms with Gasteiger partial charge in [0.15, 0.2) is 5.69 Å². The van der Waals surface area contributed by atoms with E-state index in [0.717, 1.165) is 18.7 Å². The maximum Gasteiger partial charge on any atom is 0.274 e. The Morgan fingerprint density at radius 3 is 2.86 bits per heavy atom. The number of amides is 1. The van der Waals surface area contributed by atoms with Crippen LogP contribution < -0.4 is 0 Å². The molecule has 22 heavy (non-hydrogen) atoms. The monoisotopic (exact) mass is 309 g/mol. The zero-order chi connectivity index (χ0) is 14.9. The van der Waals surface area contributed by atoms with E-state index < -0.39 is 0 Å². The van der Waals surface area contributed by atoms with Crippen LogP contribution in [0.5, 0.6) is 0 Å². The molecule has 0 bridgehead atoms. The lowest BCUT2D eigenvalue weighted by molar-refractivity contribution is 0.0729. The van der Waals surface area contributed by atoms with Gasteiger partial charge in [-0.05, 0) is 41.6 Å². The summed E-state index contributed by atoms with van der Waals surface area (Å²) in [6.07, 6.45) is 2.78. The van der Waals surface area contributed by atoms with Crippen LogP contribution in [-0.2, 0) is 13.0 Å². The molecule has 0 unspecified atom stereocenters. The number of benzene rings is 1. The number of rotatable bonds is 2. The highest BCUT2D eigenvalue weighted by Gasteiger charge is 2.24. The number of carbonyl (C=O) groups excluding carboxylic acids is 1. The summed E-state index contributed by atoms with van der Waals surface area (Å²) in [7, 11) is 0. The minimum absolute atomic E-state index is 0.00605. The summed E-state index contributed by atoms with van der Waals surface area (Å²) in [5.74, 6) is 0.00605. The van der Waals surface area contributed by atoms with Crippen LogP contribution in [0.3, 0.4) is 0 Å². The van der Waals surface area contributed by atoms with Crippen molar-refractivity contribution >= 4 is 17.2 Å². The van der Waals surface area contributed by atoms with E-state index >= 15 is 0 Å². The van der Waals surface area contributed by atoms with Crippen LogP contribution in [0.2, 0.25) is 0 Å². The zero-order valence-corrected chi connectivity index (χ0v) is 12.8. The number of aromatic nitrogens is 2. The third-order valence-electron chi connectivity index (χ3n) is 3.92. The molecule has 4 nitrogen and oxygen atoms in total. The third-order valence-corrected chi connectivity index (χ3v) is 4.95. The highest BCUT2D eigenvalue weighted by molar-refractivity contribution is 7.10. The molecule has 1 aromatic carbocycles. The minimum atomic E-state index is 0.00605. The Morgan fingerprint density at radius 1 is 1.14 bits per heavy atom. The van der Waals surface area contributed by atoms with Crippen molar-refractivity contribution in [1.82, 2.24) is 14.7 Å². The lowest BCUT2D eigenvalue weighted by Gasteiger charge is -2.26. The minimum Gasteiger partial charge on any atom is -0.333 e. The lowest BCUT2D eigenvalue weighted by Crippen LogP contribution is -2.35. The molecule has 0 saturated carbocycles. The predicted molar refractivity (Wildman–Crippen MR) is 86.3 cm³/mol. The molecule has 0 radical (unpaired) electrons. The molecule has 2 aromatic heterocycles. The lowest BCUT2D eigenvalue weighted by atomic mass is 10.1. The number of hydrogen-bond donors (Lipinski definition) is 0. The van der Waals surface area contributed by atoms with E-state index in [1.165, 1.54) is 10.4 Å². The number of nitrogens with zero attached hydrogens (tertiary/aromatic N) is 3. The number of thiophene rings is 1. The molecule has 4 rings (SSSR count). The summed E-state index contributed by atoms with van der Waals surface area (Å²) in [6.45, 7) is 1.46. The Kier molecular flexibility index (Phi) is 3.27. The molecule has 110 valence electrons. The normalized spacial score (nSPS) is 13.9. The summed E-state index contributed by atoms with van der Waals surface area (Å²) < 4.78 is 1.74. The largest absolute Gasteiger partial charge is 0.333 e. The molecule has 0 spiro atoms. The van der Waals surface area contributed by atoms with Crippen molar-refractivity contribution in [2.24, 2.45) is 0 Å². The van der Waals surface area contributed by atoms with Crippen molar-refractivity contribution in [3.63, 3.8) is 0 Å². The number of carbonyl (C=O) groups is 1. The van der Waals surface area contributed by atoms with Gasteiger partial charge in [0.2, 0.25) is 0 Å². The van der Waals surface area contributed by atoms with Gasteiger partial charge in [-0.1, -0.05) is 18.2 Å². The van der Waals surface area contributed by atoms with Crippen LogP contribution in [0.25, 0.3) is 5.69 Å². The number of hydrogen-bond acceptors (Lipinski definition) is 3. The first kappa shape index (κ1) is 13.3. The molecule has 1 aliphatic rings. The summed E-state index contributed by atoms with van der Waals surface area (Å²) in [6, 6.07) is 13.7. The molecule has 0 N–H and O–H groups in total. The second-order valence-electron chi connectivity index (χ2n) is 5.33. The molecule has 3 aromatic rings. The SMILES string of the molecule is O=C(c1ccn(-c2ccccc2)n1)N1CCc2sccc2C1. The quantitative estimate of drug-likeness (QED) is 0.729. The van der Waals surface area contributed by atoms with Gasteiger partial charge in [-0.25, -0.2) is 4.68 Å². The molecule has 0 atom stereocenters. The zero-order valence-electron chi connectivity index (χ0n) is 12.0. The van der Waals surface area contributed by atoms with E-state index in [4.69, 9.17) is 0 Å². The van der Waals surface area contributed by atoms with Crippen molar-refractivity contribution in [1.29, 1.82) is 0 Å². The highest BCUT2D eigenvalue weighted by Crippen LogP contribution is 2.24. The average molecular weight is 309 g/mol. The fraction of sp³-hybridized carbons (Fsp3) is 0.176. The van der Waals surface area contributed by atoms with Gasteiger partial charge in [-0.3, -0.25) is 4.79 Å². The summed E-state index contributed by atoms with van der Waals surface area (Å²) in [5.41, 5.74) is 2.73. The Labute approximate surface area is 132 Å². The predicted octanol–water partition coefficient (Wildman–Crippen LogP) is 3.13. The Morgan fingerprint density at radius 2 is 2.00 bits per heavy atom. The fourth-order valence-electron chi connectivity index (χ4n) is 2.75. The molecule has 0 aliphatic carbocycles. The summed E-state index contributed by atoms with van der Waals surface area (Å²) in [4.78, 5) is 15.9. The van der Waals surface area contributed by atoms with Gasteiger partial charge in [0.25, 0.3) is 5.91 Å². The number of para-hydroxylation sites is 1. The van der Waals surface area contributed by atoms with Gasteiger partial charge in [0.05, 0.1) is 5.69 Å². The summed E-state index contributed by atoms with van der Waals surface area (Å²) in [5, 5.41) is 6.53. The smallest absolute Gasteiger partial charge is 0.274 e. The first-order valence-electron chi connectivity index (χ1n) is 7.27. The molecular weight excluding hydrogens is 294 g/mol. The van der Waals surface area contributed by atoms with E-state index in [1.54, 1.807) is 22.1 Å². The maximum absolute atomic E-state index is 12.6. The Hall–Kier alpha value is -2.40. The van der Waals surface area contributed by atoms with Crippen molar-refractivity contribution in [3.8, 4) is 5.69 Å². The van der Waals surface area contributed by atoms with Crippen LogP contribution in [0.4, 0.5) is 0 Å². The van der Waals surface area contributed by atoms with Gasteiger partial charge < -0.3 is 4.90 Å². The molecule has 0 fully saturated rings. The second kappa shape index (κ2) is 5.42. The van der Waals surface area contributed by atoms with E-state index in [2.05, 4.69) is 16.5 Å². The molecule has 1 amide bonds. The Balaban J connectivity index is 1.56. The highest BCUT2D eigenvalue weighted by atomic mass is 32.1. The van der Waals surface area contributed by atoms with Crippen LogP contribution in [0.15, 0.2) is 54.0 Å². The maximum atomic E-state index is 12.6. The summed E-state index contributed by atoms with van der Waals surface area (Å²) >= 11 is 1.78. The fourth-order valence-corrected chi connectivity index (χ4v) is 3.64. The standard InChI is InChI=1S/C17H15N3OS/c21-17(19-9-7-16-13(12-19)8-11-22-16)15-6-10-20(18-15)14-4-2-1-3-5-14/h1-6,8,10-11H,7,9,12H2. The average Bonchev–Trinajstić information content (AvgIpc) is 3.23. The van der Waals surface area contributed by atoms with Crippen molar-refractivity contribution < 1.29 is 4.79 Å². The number of fused-ring (bicyclic) bond motifs is 1. The first-order chi connectivity index (χ1) is 10.8. The van der Waals surface area contributed by atoms with Crippen molar-refractivity contribution in [3.05, 3.63) is 70.2 Å². The molecule has 1 aliphatic heterocycles. The van der Waals surface area contributed by atoms with Gasteiger partial charge in [-0.2, -0.15) is 5.10 Å². The molecular formula is C17H15N3OS. The third kappa shape index (κ3) is 2.33.